The molecule has 0 aliphatic carbocycles. The molecule has 1 aliphatic rings. The van der Waals surface area contributed by atoms with Crippen molar-refractivity contribution < 1.29 is 0 Å². The van der Waals surface area contributed by atoms with Gasteiger partial charge in [-0.1, -0.05) is 18.2 Å². The molecule has 0 saturated carbocycles. The van der Waals surface area contributed by atoms with Gasteiger partial charge < -0.3 is 4.90 Å². The Bertz CT molecular complexity index is 367. The van der Waals surface area contributed by atoms with Gasteiger partial charge in [0.25, 0.3) is 0 Å². The molecule has 0 N–H and O–H groups in total. The van der Waals surface area contributed by atoms with Crippen LogP contribution in [0.1, 0.15) is 0 Å². The first-order valence-electron chi connectivity index (χ1n) is 3.68. The zero-order valence-corrected chi connectivity index (χ0v) is 6.49. The topological polar surface area (TPSA) is 15.6 Å². The van der Waals surface area contributed by atoms with E-state index in [-0.39, 0.29) is 0 Å². The summed E-state index contributed by atoms with van der Waals surface area (Å²) in [5.74, 6) is 0. The first-order valence-corrected chi connectivity index (χ1v) is 3.68. The van der Waals surface area contributed by atoms with Crippen LogP contribution in [0, 0.1) is 0 Å². The van der Waals surface area contributed by atoms with Crippen molar-refractivity contribution in [1.82, 2.24) is 4.90 Å². The van der Waals surface area contributed by atoms with E-state index in [4.69, 9.17) is 0 Å². The van der Waals surface area contributed by atoms with Crippen LogP contribution >= 0.6 is 0 Å². The molecule has 0 fully saturated rings. The van der Waals surface area contributed by atoms with Gasteiger partial charge in [0.2, 0.25) is 0 Å². The van der Waals surface area contributed by atoms with Crippen LogP contribution in [0.3, 0.4) is 0 Å². The van der Waals surface area contributed by atoms with E-state index < -0.39 is 0 Å². The van der Waals surface area contributed by atoms with Gasteiger partial charge in [-0.25, -0.2) is 0 Å². The Labute approximate surface area is 65.5 Å². The van der Waals surface area contributed by atoms with E-state index in [1.54, 1.807) is 0 Å². The fraction of sp³-hybridized carbons (Fsp3) is 0.222. The molecule has 0 spiro atoms. The van der Waals surface area contributed by atoms with Crippen LogP contribution < -0.4 is 10.6 Å². The zero-order valence-electron chi connectivity index (χ0n) is 6.49. The van der Waals surface area contributed by atoms with Gasteiger partial charge in [-0.05, 0) is 6.07 Å². The standard InChI is InChI=1S/C9H10N2/c1-11-6-8-4-2-3-5-9(8)10-7-11/h2-6H,7H2,1H3. The molecule has 1 aliphatic heterocycles. The second-order valence-electron chi connectivity index (χ2n) is 2.74. The highest BCUT2D eigenvalue weighted by Gasteiger charge is 1.95. The highest BCUT2D eigenvalue weighted by Crippen LogP contribution is 1.86. The highest BCUT2D eigenvalue weighted by atomic mass is 15.2. The van der Waals surface area contributed by atoms with Gasteiger partial charge in [0.15, 0.2) is 0 Å². The number of hydrogen-bond acceptors (Lipinski definition) is 2. The number of hydrogen-bond donors (Lipinski definition) is 0. The van der Waals surface area contributed by atoms with E-state index in [1.807, 2.05) is 25.2 Å². The Hall–Kier alpha value is -1.31. The molecule has 1 heterocycles. The summed E-state index contributed by atoms with van der Waals surface area (Å²) in [5.41, 5.74) is 0. The first kappa shape index (κ1) is 6.40. The second-order valence-corrected chi connectivity index (χ2v) is 2.74. The van der Waals surface area contributed by atoms with Crippen molar-refractivity contribution >= 4 is 6.20 Å². The van der Waals surface area contributed by atoms with Crippen LogP contribution in [-0.4, -0.2) is 18.6 Å². The van der Waals surface area contributed by atoms with E-state index in [1.165, 1.54) is 5.22 Å². The molecule has 0 atom stereocenters. The smallest absolute Gasteiger partial charge is 0.110 e. The molecule has 0 amide bonds. The average molecular weight is 146 g/mol. The van der Waals surface area contributed by atoms with Gasteiger partial charge in [0, 0.05) is 18.5 Å². The molecular weight excluding hydrogens is 136 g/mol. The minimum absolute atomic E-state index is 0.775. The van der Waals surface area contributed by atoms with Crippen molar-refractivity contribution in [3.63, 3.8) is 0 Å². The van der Waals surface area contributed by atoms with Crippen LogP contribution in [0.15, 0.2) is 29.3 Å². The number of nitrogens with zero attached hydrogens (tertiary/aromatic N) is 2. The van der Waals surface area contributed by atoms with E-state index >= 15 is 0 Å². The number of fused-ring (bicyclic) bond motifs is 1. The Kier molecular flexibility index (Phi) is 1.39. The SMILES string of the molecule is CN1C=c2ccccc2=NC1. The number of para-hydroxylation sites is 1. The average Bonchev–Trinajstić information content (AvgIpc) is 2.04. The molecule has 56 valence electrons. The van der Waals surface area contributed by atoms with Crippen LogP contribution in [0.2, 0.25) is 0 Å². The van der Waals surface area contributed by atoms with E-state index in [2.05, 4.69) is 22.2 Å². The van der Waals surface area contributed by atoms with Gasteiger partial charge in [0.05, 0.1) is 5.36 Å². The van der Waals surface area contributed by atoms with E-state index in [9.17, 15) is 0 Å². The highest BCUT2D eigenvalue weighted by molar-refractivity contribution is 5.23. The maximum atomic E-state index is 4.37. The lowest BCUT2D eigenvalue weighted by Crippen LogP contribution is -2.33. The fourth-order valence-corrected chi connectivity index (χ4v) is 1.21. The summed E-state index contributed by atoms with van der Waals surface area (Å²) in [4.78, 5) is 6.44. The van der Waals surface area contributed by atoms with Crippen LogP contribution in [-0.2, 0) is 0 Å². The van der Waals surface area contributed by atoms with Gasteiger partial charge in [-0.3, -0.25) is 4.99 Å². The summed E-state index contributed by atoms with van der Waals surface area (Å²) in [5, 5.41) is 2.31. The van der Waals surface area contributed by atoms with Gasteiger partial charge in [-0.15, -0.1) is 0 Å². The summed E-state index contributed by atoms with van der Waals surface area (Å²) >= 11 is 0. The quantitative estimate of drug-likeness (QED) is 0.501. The molecule has 11 heavy (non-hydrogen) atoms. The third-order valence-corrected chi connectivity index (χ3v) is 1.76. The molecule has 0 unspecified atom stereocenters. The fourth-order valence-electron chi connectivity index (χ4n) is 1.21. The molecule has 0 saturated heterocycles. The lowest BCUT2D eigenvalue weighted by atomic mass is 10.3. The molecule has 2 nitrogen and oxygen atoms in total. The second kappa shape index (κ2) is 2.38. The van der Waals surface area contributed by atoms with Crippen molar-refractivity contribution in [3.05, 3.63) is 34.8 Å². The number of benzene rings is 1. The lowest BCUT2D eigenvalue weighted by molar-refractivity contribution is 0.498. The summed E-state index contributed by atoms with van der Waals surface area (Å²) < 4.78 is 0. The van der Waals surface area contributed by atoms with Crippen LogP contribution in [0.25, 0.3) is 6.20 Å². The monoisotopic (exact) mass is 146 g/mol. The Morgan fingerprint density at radius 1 is 1.36 bits per heavy atom. The summed E-state index contributed by atoms with van der Waals surface area (Å²) in [7, 11) is 2.03. The lowest BCUT2D eigenvalue weighted by Gasteiger charge is -2.13. The Morgan fingerprint density at radius 2 is 2.18 bits per heavy atom. The van der Waals surface area contributed by atoms with Crippen molar-refractivity contribution in [2.75, 3.05) is 13.7 Å². The predicted molar refractivity (Wildman–Crippen MR) is 44.3 cm³/mol. The molecule has 0 radical (unpaired) electrons. The summed E-state index contributed by atoms with van der Waals surface area (Å²) in [6, 6.07) is 8.17. The van der Waals surface area contributed by atoms with Gasteiger partial charge >= 0.3 is 0 Å². The third-order valence-electron chi connectivity index (χ3n) is 1.76. The van der Waals surface area contributed by atoms with Gasteiger partial charge in [0.1, 0.15) is 6.67 Å². The van der Waals surface area contributed by atoms with E-state index in [0.717, 1.165) is 12.0 Å². The Balaban J connectivity index is 2.73. The first-order chi connectivity index (χ1) is 5.36. The van der Waals surface area contributed by atoms with E-state index in [0.29, 0.717) is 0 Å². The maximum absolute atomic E-state index is 4.37. The molecule has 1 aromatic carbocycles. The molecule has 2 heteroatoms. The van der Waals surface area contributed by atoms with Crippen molar-refractivity contribution in [2.24, 2.45) is 4.99 Å². The Morgan fingerprint density at radius 3 is 3.09 bits per heavy atom. The molecular formula is C9H10N2. The summed E-state index contributed by atoms with van der Waals surface area (Å²) in [6.45, 7) is 0.775. The van der Waals surface area contributed by atoms with Crippen LogP contribution in [0.4, 0.5) is 0 Å². The maximum Gasteiger partial charge on any atom is 0.110 e. The normalized spacial score (nSPS) is 14.8. The van der Waals surface area contributed by atoms with Crippen molar-refractivity contribution in [2.45, 2.75) is 0 Å². The summed E-state index contributed by atoms with van der Waals surface area (Å²) in [6.07, 6.45) is 2.11. The third kappa shape index (κ3) is 1.11. The minimum Gasteiger partial charge on any atom is -0.361 e. The predicted octanol–water partition coefficient (Wildman–Crippen LogP) is -0.0529. The largest absolute Gasteiger partial charge is 0.361 e. The molecule has 0 aromatic heterocycles. The minimum atomic E-state index is 0.775. The molecule has 2 rings (SSSR count). The zero-order chi connectivity index (χ0) is 7.68. The van der Waals surface area contributed by atoms with Crippen molar-refractivity contribution in [1.29, 1.82) is 0 Å². The molecule has 1 aromatic rings. The van der Waals surface area contributed by atoms with Crippen LogP contribution in [0.5, 0.6) is 0 Å². The number of rotatable bonds is 0. The van der Waals surface area contributed by atoms with Gasteiger partial charge in [-0.2, -0.15) is 0 Å². The molecule has 0 bridgehead atoms. The van der Waals surface area contributed by atoms with Crippen molar-refractivity contribution in [3.8, 4) is 0 Å².